The van der Waals surface area contributed by atoms with E-state index in [9.17, 15) is 13.6 Å². The second-order valence-electron chi connectivity index (χ2n) is 3.75. The number of benzene rings is 2. The molecular weight excluding hydrogens is 252 g/mol. The number of carbonyl (C=O) groups is 1. The first kappa shape index (κ1) is 12.9. The average molecular weight is 261 g/mol. The van der Waals surface area contributed by atoms with Gasteiger partial charge in [0.05, 0.1) is 11.3 Å². The molecule has 0 heterocycles. The van der Waals surface area contributed by atoms with Crippen molar-refractivity contribution in [2.75, 3.05) is 0 Å². The Balaban J connectivity index is 2.38. The number of nitrogens with zero attached hydrogens (tertiary/aromatic N) is 1. The standard InChI is InChI=1S/C14H9F2NO2/c15-10-5-6-12(16)9(7-10)8-17-13-4-2-1-3-11(13)14(18)19/h1-8H,(H,18,19)/b17-8+. The van der Waals surface area contributed by atoms with Crippen molar-refractivity contribution >= 4 is 17.9 Å². The van der Waals surface area contributed by atoms with Crippen molar-refractivity contribution in [1.82, 2.24) is 0 Å². The molecule has 0 spiro atoms. The van der Waals surface area contributed by atoms with Gasteiger partial charge in [0.25, 0.3) is 0 Å². The third kappa shape index (κ3) is 3.01. The van der Waals surface area contributed by atoms with E-state index in [1.165, 1.54) is 12.1 Å². The van der Waals surface area contributed by atoms with Crippen LogP contribution in [0.1, 0.15) is 15.9 Å². The summed E-state index contributed by atoms with van der Waals surface area (Å²) in [5, 5.41) is 8.95. The lowest BCUT2D eigenvalue weighted by atomic mass is 10.2. The highest BCUT2D eigenvalue weighted by Crippen LogP contribution is 2.19. The van der Waals surface area contributed by atoms with Crippen molar-refractivity contribution in [3.05, 3.63) is 65.2 Å². The number of rotatable bonds is 3. The Bertz CT molecular complexity index is 654. The van der Waals surface area contributed by atoms with Gasteiger partial charge in [-0.15, -0.1) is 0 Å². The van der Waals surface area contributed by atoms with E-state index in [2.05, 4.69) is 4.99 Å². The molecule has 0 aliphatic heterocycles. The predicted octanol–water partition coefficient (Wildman–Crippen LogP) is 3.41. The van der Waals surface area contributed by atoms with Crippen LogP contribution in [0, 0.1) is 11.6 Å². The zero-order valence-corrected chi connectivity index (χ0v) is 9.68. The molecule has 0 saturated heterocycles. The fourth-order valence-corrected chi connectivity index (χ4v) is 1.52. The molecule has 0 aliphatic rings. The van der Waals surface area contributed by atoms with Crippen LogP contribution in [0.25, 0.3) is 0 Å². The number of carboxylic acid groups (broad SMARTS) is 1. The summed E-state index contributed by atoms with van der Waals surface area (Å²) in [6, 6.07) is 9.01. The molecule has 19 heavy (non-hydrogen) atoms. The van der Waals surface area contributed by atoms with Gasteiger partial charge in [-0.3, -0.25) is 4.99 Å². The van der Waals surface area contributed by atoms with E-state index in [0.29, 0.717) is 0 Å². The molecular formula is C14H9F2NO2. The van der Waals surface area contributed by atoms with Gasteiger partial charge in [0.1, 0.15) is 11.6 Å². The lowest BCUT2D eigenvalue weighted by Crippen LogP contribution is -1.96. The van der Waals surface area contributed by atoms with Crippen LogP contribution in [0.4, 0.5) is 14.5 Å². The van der Waals surface area contributed by atoms with Crippen LogP contribution in [0.3, 0.4) is 0 Å². The van der Waals surface area contributed by atoms with Crippen molar-refractivity contribution in [2.45, 2.75) is 0 Å². The molecule has 0 amide bonds. The average Bonchev–Trinajstić information content (AvgIpc) is 2.40. The molecule has 2 rings (SSSR count). The fourth-order valence-electron chi connectivity index (χ4n) is 1.52. The lowest BCUT2D eigenvalue weighted by molar-refractivity contribution is 0.0698. The van der Waals surface area contributed by atoms with Crippen molar-refractivity contribution in [1.29, 1.82) is 0 Å². The highest BCUT2D eigenvalue weighted by Gasteiger charge is 2.07. The summed E-state index contributed by atoms with van der Waals surface area (Å²) >= 11 is 0. The highest BCUT2D eigenvalue weighted by atomic mass is 19.1. The van der Waals surface area contributed by atoms with E-state index in [4.69, 9.17) is 5.11 Å². The zero-order chi connectivity index (χ0) is 13.8. The van der Waals surface area contributed by atoms with Crippen LogP contribution in [0.15, 0.2) is 47.5 Å². The van der Waals surface area contributed by atoms with Crippen LogP contribution in [0.2, 0.25) is 0 Å². The summed E-state index contributed by atoms with van der Waals surface area (Å²) in [6.45, 7) is 0. The first-order valence-corrected chi connectivity index (χ1v) is 5.39. The van der Waals surface area contributed by atoms with Crippen LogP contribution < -0.4 is 0 Å². The topological polar surface area (TPSA) is 49.7 Å². The van der Waals surface area contributed by atoms with Gasteiger partial charge in [0, 0.05) is 11.8 Å². The molecule has 5 heteroatoms. The summed E-state index contributed by atoms with van der Waals surface area (Å²) in [7, 11) is 0. The van der Waals surface area contributed by atoms with Crippen molar-refractivity contribution in [3.8, 4) is 0 Å². The van der Waals surface area contributed by atoms with E-state index >= 15 is 0 Å². The Morgan fingerprint density at radius 3 is 2.63 bits per heavy atom. The normalized spacial score (nSPS) is 10.8. The van der Waals surface area contributed by atoms with Gasteiger partial charge in [-0.1, -0.05) is 12.1 Å². The van der Waals surface area contributed by atoms with Crippen LogP contribution >= 0.6 is 0 Å². The number of para-hydroxylation sites is 1. The number of halogens is 2. The van der Waals surface area contributed by atoms with Crippen LogP contribution in [-0.2, 0) is 0 Å². The molecule has 0 unspecified atom stereocenters. The smallest absolute Gasteiger partial charge is 0.337 e. The van der Waals surface area contributed by atoms with E-state index in [1.54, 1.807) is 12.1 Å². The van der Waals surface area contributed by atoms with Crippen molar-refractivity contribution in [2.24, 2.45) is 4.99 Å². The molecule has 0 atom stereocenters. The third-order valence-corrected chi connectivity index (χ3v) is 2.44. The SMILES string of the molecule is O=C(O)c1ccccc1/N=C/c1cc(F)ccc1F. The first-order chi connectivity index (χ1) is 9.08. The molecule has 0 fully saturated rings. The molecule has 3 nitrogen and oxygen atoms in total. The Kier molecular flexibility index (Phi) is 3.66. The highest BCUT2D eigenvalue weighted by molar-refractivity contribution is 5.95. The third-order valence-electron chi connectivity index (χ3n) is 2.44. The van der Waals surface area contributed by atoms with Gasteiger partial charge in [-0.2, -0.15) is 0 Å². The molecule has 0 aliphatic carbocycles. The van der Waals surface area contributed by atoms with Gasteiger partial charge in [-0.05, 0) is 30.3 Å². The summed E-state index contributed by atoms with van der Waals surface area (Å²) < 4.78 is 26.3. The number of hydrogen-bond acceptors (Lipinski definition) is 2. The molecule has 0 radical (unpaired) electrons. The quantitative estimate of drug-likeness (QED) is 0.861. The molecule has 1 N–H and O–H groups in total. The summed E-state index contributed by atoms with van der Waals surface area (Å²) in [5.41, 5.74) is 0.134. The monoisotopic (exact) mass is 261 g/mol. The van der Waals surface area contributed by atoms with Crippen LogP contribution in [0.5, 0.6) is 0 Å². The molecule has 2 aromatic carbocycles. The molecule has 0 bridgehead atoms. The second kappa shape index (κ2) is 5.39. The summed E-state index contributed by atoms with van der Waals surface area (Å²) in [5.74, 6) is -2.35. The number of carboxylic acids is 1. The number of aliphatic imine (C=N–C) groups is 1. The predicted molar refractivity (Wildman–Crippen MR) is 67.0 cm³/mol. The van der Waals surface area contributed by atoms with Gasteiger partial charge < -0.3 is 5.11 Å². The summed E-state index contributed by atoms with van der Waals surface area (Å²) in [4.78, 5) is 14.8. The Labute approximate surface area is 107 Å². The molecule has 96 valence electrons. The van der Waals surface area contributed by atoms with Gasteiger partial charge in [0.15, 0.2) is 0 Å². The van der Waals surface area contributed by atoms with E-state index in [1.807, 2.05) is 0 Å². The lowest BCUT2D eigenvalue weighted by Gasteiger charge is -2.00. The largest absolute Gasteiger partial charge is 0.478 e. The van der Waals surface area contributed by atoms with Crippen LogP contribution in [-0.4, -0.2) is 17.3 Å². The minimum Gasteiger partial charge on any atom is -0.478 e. The Morgan fingerprint density at radius 1 is 1.16 bits per heavy atom. The minimum absolute atomic E-state index is 0.00411. The van der Waals surface area contributed by atoms with E-state index < -0.39 is 17.6 Å². The van der Waals surface area contributed by atoms with Crippen molar-refractivity contribution < 1.29 is 18.7 Å². The maximum Gasteiger partial charge on any atom is 0.337 e. The first-order valence-electron chi connectivity index (χ1n) is 5.39. The minimum atomic E-state index is -1.13. The molecule has 2 aromatic rings. The molecule has 0 aromatic heterocycles. The number of aromatic carboxylic acids is 1. The van der Waals surface area contributed by atoms with E-state index in [0.717, 1.165) is 24.4 Å². The Hall–Kier alpha value is -2.56. The van der Waals surface area contributed by atoms with Gasteiger partial charge in [-0.25, -0.2) is 13.6 Å². The second-order valence-corrected chi connectivity index (χ2v) is 3.75. The van der Waals surface area contributed by atoms with Gasteiger partial charge >= 0.3 is 5.97 Å². The summed E-state index contributed by atoms with van der Waals surface area (Å²) in [6.07, 6.45) is 1.10. The fraction of sp³-hybridized carbons (Fsp3) is 0. The Morgan fingerprint density at radius 2 is 1.89 bits per heavy atom. The maximum absolute atomic E-state index is 13.4. The van der Waals surface area contributed by atoms with E-state index in [-0.39, 0.29) is 16.8 Å². The maximum atomic E-state index is 13.4. The van der Waals surface area contributed by atoms with Gasteiger partial charge in [0.2, 0.25) is 0 Å². The number of hydrogen-bond donors (Lipinski definition) is 1. The molecule has 0 saturated carbocycles. The zero-order valence-electron chi connectivity index (χ0n) is 9.68. The van der Waals surface area contributed by atoms with Crippen molar-refractivity contribution in [3.63, 3.8) is 0 Å².